The number of hydrogen-bond donors (Lipinski definition) is 2. The molecule has 0 aliphatic heterocycles. The summed E-state index contributed by atoms with van der Waals surface area (Å²) in [6, 6.07) is 16.6. The van der Waals surface area contributed by atoms with Gasteiger partial charge in [0.05, 0.1) is 6.20 Å². The summed E-state index contributed by atoms with van der Waals surface area (Å²) in [4.78, 5) is 4.49. The highest BCUT2D eigenvalue weighted by molar-refractivity contribution is 5.61. The van der Waals surface area contributed by atoms with Gasteiger partial charge in [0.1, 0.15) is 0 Å². The standard InChI is InChI=1S/C20H23N5/c1-15-8-6-12-18(16(15)2)23-19-14-22-25-20(24-19)21-13-7-11-17-9-4-3-5-10-17/h3-6,8-10,12,14H,7,11,13H2,1-2H3,(H2,21,23,24,25). The van der Waals surface area contributed by atoms with Crippen molar-refractivity contribution in [3.05, 3.63) is 71.4 Å². The number of rotatable bonds is 7. The number of hydrogen-bond acceptors (Lipinski definition) is 5. The van der Waals surface area contributed by atoms with Crippen LogP contribution in [0.5, 0.6) is 0 Å². The minimum absolute atomic E-state index is 0.545. The van der Waals surface area contributed by atoms with Gasteiger partial charge in [-0.15, -0.1) is 5.10 Å². The Morgan fingerprint density at radius 2 is 1.80 bits per heavy atom. The van der Waals surface area contributed by atoms with E-state index < -0.39 is 0 Å². The second-order valence-electron chi connectivity index (χ2n) is 6.05. The van der Waals surface area contributed by atoms with Crippen LogP contribution in [0, 0.1) is 13.8 Å². The van der Waals surface area contributed by atoms with E-state index in [0.717, 1.165) is 25.1 Å². The van der Waals surface area contributed by atoms with Gasteiger partial charge in [0.25, 0.3) is 0 Å². The second kappa shape index (κ2) is 8.24. The molecule has 5 nitrogen and oxygen atoms in total. The van der Waals surface area contributed by atoms with Crippen LogP contribution in [0.15, 0.2) is 54.7 Å². The fourth-order valence-corrected chi connectivity index (χ4v) is 2.60. The van der Waals surface area contributed by atoms with E-state index >= 15 is 0 Å². The molecule has 0 bridgehead atoms. The highest BCUT2D eigenvalue weighted by Gasteiger charge is 2.04. The average molecular weight is 333 g/mol. The van der Waals surface area contributed by atoms with Crippen molar-refractivity contribution in [2.24, 2.45) is 0 Å². The Bertz CT molecular complexity index is 817. The van der Waals surface area contributed by atoms with Gasteiger partial charge in [-0.3, -0.25) is 0 Å². The summed E-state index contributed by atoms with van der Waals surface area (Å²) >= 11 is 0. The van der Waals surface area contributed by atoms with Crippen LogP contribution < -0.4 is 10.6 Å². The molecule has 2 N–H and O–H groups in total. The van der Waals surface area contributed by atoms with Crippen molar-refractivity contribution in [2.45, 2.75) is 26.7 Å². The first-order valence-electron chi connectivity index (χ1n) is 8.53. The molecular weight excluding hydrogens is 310 g/mol. The van der Waals surface area contributed by atoms with Gasteiger partial charge in [0.15, 0.2) is 5.82 Å². The van der Waals surface area contributed by atoms with Gasteiger partial charge in [-0.05, 0) is 49.4 Å². The first-order chi connectivity index (χ1) is 12.2. The molecule has 2 aromatic carbocycles. The van der Waals surface area contributed by atoms with Crippen LogP contribution >= 0.6 is 0 Å². The number of anilines is 3. The molecule has 0 radical (unpaired) electrons. The number of nitrogens with one attached hydrogen (secondary N) is 2. The second-order valence-corrected chi connectivity index (χ2v) is 6.05. The molecule has 0 saturated carbocycles. The van der Waals surface area contributed by atoms with E-state index in [1.54, 1.807) is 6.20 Å². The zero-order chi connectivity index (χ0) is 17.5. The topological polar surface area (TPSA) is 62.7 Å². The summed E-state index contributed by atoms with van der Waals surface area (Å²) in [6.07, 6.45) is 3.68. The van der Waals surface area contributed by atoms with Crippen LogP contribution in [0.2, 0.25) is 0 Å². The van der Waals surface area contributed by atoms with Crippen molar-refractivity contribution >= 4 is 17.5 Å². The van der Waals surface area contributed by atoms with E-state index in [4.69, 9.17) is 0 Å². The van der Waals surface area contributed by atoms with E-state index in [0.29, 0.717) is 11.8 Å². The Labute approximate surface area is 148 Å². The largest absolute Gasteiger partial charge is 0.353 e. The first-order valence-corrected chi connectivity index (χ1v) is 8.53. The minimum Gasteiger partial charge on any atom is -0.353 e. The number of aryl methyl sites for hydroxylation is 2. The monoisotopic (exact) mass is 333 g/mol. The molecule has 0 aliphatic rings. The third-order valence-electron chi connectivity index (χ3n) is 4.19. The Balaban J connectivity index is 1.55. The molecular formula is C20H23N5. The third kappa shape index (κ3) is 4.76. The summed E-state index contributed by atoms with van der Waals surface area (Å²) < 4.78 is 0. The Hall–Kier alpha value is -2.95. The van der Waals surface area contributed by atoms with Gasteiger partial charge in [0, 0.05) is 12.2 Å². The lowest BCUT2D eigenvalue weighted by Crippen LogP contribution is -2.08. The zero-order valence-electron chi connectivity index (χ0n) is 14.7. The van der Waals surface area contributed by atoms with Crippen LogP contribution in [-0.4, -0.2) is 21.7 Å². The van der Waals surface area contributed by atoms with Gasteiger partial charge in [-0.25, -0.2) is 0 Å². The summed E-state index contributed by atoms with van der Waals surface area (Å²) in [6.45, 7) is 5.00. The normalized spacial score (nSPS) is 10.5. The predicted octanol–water partition coefficient (Wildman–Crippen LogP) is 4.28. The van der Waals surface area contributed by atoms with Crippen LogP contribution in [0.3, 0.4) is 0 Å². The van der Waals surface area contributed by atoms with Crippen molar-refractivity contribution in [2.75, 3.05) is 17.2 Å². The van der Waals surface area contributed by atoms with E-state index in [-0.39, 0.29) is 0 Å². The predicted molar refractivity (Wildman–Crippen MR) is 102 cm³/mol. The van der Waals surface area contributed by atoms with Gasteiger partial charge >= 0.3 is 0 Å². The fraction of sp³-hybridized carbons (Fsp3) is 0.250. The molecule has 0 amide bonds. The smallest absolute Gasteiger partial charge is 0.244 e. The maximum absolute atomic E-state index is 4.49. The van der Waals surface area contributed by atoms with Crippen LogP contribution in [0.4, 0.5) is 17.5 Å². The van der Waals surface area contributed by atoms with Crippen LogP contribution in [0.25, 0.3) is 0 Å². The lowest BCUT2D eigenvalue weighted by molar-refractivity contribution is 0.843. The molecule has 0 saturated heterocycles. The van der Waals surface area contributed by atoms with Gasteiger partial charge in [-0.2, -0.15) is 10.1 Å². The SMILES string of the molecule is Cc1cccc(Nc2cnnc(NCCCc3ccccc3)n2)c1C. The molecule has 3 aromatic rings. The molecule has 1 aromatic heterocycles. The molecule has 1 heterocycles. The highest BCUT2D eigenvalue weighted by atomic mass is 15.3. The molecule has 0 unspecified atom stereocenters. The summed E-state index contributed by atoms with van der Waals surface area (Å²) in [5.74, 6) is 1.23. The van der Waals surface area contributed by atoms with E-state index in [1.807, 2.05) is 18.2 Å². The Kier molecular flexibility index (Phi) is 5.57. The first kappa shape index (κ1) is 16.9. The summed E-state index contributed by atoms with van der Waals surface area (Å²) in [5.41, 5.74) is 4.83. The summed E-state index contributed by atoms with van der Waals surface area (Å²) in [5, 5.41) is 14.6. The average Bonchev–Trinajstić information content (AvgIpc) is 2.64. The maximum Gasteiger partial charge on any atom is 0.244 e. The number of benzene rings is 2. The number of nitrogens with zero attached hydrogens (tertiary/aromatic N) is 3. The van der Waals surface area contributed by atoms with Gasteiger partial charge < -0.3 is 10.6 Å². The van der Waals surface area contributed by atoms with Crippen LogP contribution in [-0.2, 0) is 6.42 Å². The zero-order valence-corrected chi connectivity index (χ0v) is 14.7. The van der Waals surface area contributed by atoms with Crippen LogP contribution in [0.1, 0.15) is 23.1 Å². The van der Waals surface area contributed by atoms with E-state index in [9.17, 15) is 0 Å². The van der Waals surface area contributed by atoms with Crippen molar-refractivity contribution in [1.82, 2.24) is 15.2 Å². The Morgan fingerprint density at radius 3 is 2.64 bits per heavy atom. The van der Waals surface area contributed by atoms with Crippen molar-refractivity contribution < 1.29 is 0 Å². The molecule has 0 fully saturated rings. The number of aromatic nitrogens is 3. The minimum atomic E-state index is 0.545. The maximum atomic E-state index is 4.49. The van der Waals surface area contributed by atoms with Crippen molar-refractivity contribution in [3.8, 4) is 0 Å². The highest BCUT2D eigenvalue weighted by Crippen LogP contribution is 2.21. The molecule has 25 heavy (non-hydrogen) atoms. The molecule has 128 valence electrons. The molecule has 0 aliphatic carbocycles. The summed E-state index contributed by atoms with van der Waals surface area (Å²) in [7, 11) is 0. The van der Waals surface area contributed by atoms with Gasteiger partial charge in [0.2, 0.25) is 5.95 Å². The molecule has 0 atom stereocenters. The van der Waals surface area contributed by atoms with Gasteiger partial charge in [-0.1, -0.05) is 42.5 Å². The molecule has 3 rings (SSSR count). The van der Waals surface area contributed by atoms with E-state index in [2.05, 4.69) is 70.0 Å². The quantitative estimate of drug-likeness (QED) is 0.632. The Morgan fingerprint density at radius 1 is 0.960 bits per heavy atom. The molecule has 0 spiro atoms. The van der Waals surface area contributed by atoms with E-state index in [1.165, 1.54) is 16.7 Å². The van der Waals surface area contributed by atoms with Crippen molar-refractivity contribution in [1.29, 1.82) is 0 Å². The fourth-order valence-electron chi connectivity index (χ4n) is 2.60. The lowest BCUT2D eigenvalue weighted by Gasteiger charge is -2.11. The van der Waals surface area contributed by atoms with Crippen molar-refractivity contribution in [3.63, 3.8) is 0 Å². The molecule has 5 heteroatoms. The third-order valence-corrected chi connectivity index (χ3v) is 4.19. The lowest BCUT2D eigenvalue weighted by atomic mass is 10.1.